The lowest BCUT2D eigenvalue weighted by atomic mass is 10.3. The molecule has 2 aromatic rings. The van der Waals surface area contributed by atoms with Gasteiger partial charge in [0.2, 0.25) is 16.0 Å². The molecule has 2 saturated heterocycles. The topological polar surface area (TPSA) is 97.3 Å². The lowest BCUT2D eigenvalue weighted by Crippen LogP contribution is -2.49. The highest BCUT2D eigenvalue weighted by molar-refractivity contribution is 7.89. The molecular weight excluding hydrogens is 422 g/mol. The fourth-order valence-electron chi connectivity index (χ4n) is 3.71. The molecular formula is C20H27N5O5S. The van der Waals surface area contributed by atoms with Crippen LogP contribution in [0.2, 0.25) is 0 Å². The Labute approximate surface area is 182 Å². The number of morpholine rings is 1. The van der Waals surface area contributed by atoms with E-state index in [0.717, 1.165) is 18.9 Å². The van der Waals surface area contributed by atoms with Gasteiger partial charge in [0.25, 0.3) is 0 Å². The van der Waals surface area contributed by atoms with E-state index in [1.807, 2.05) is 6.07 Å². The van der Waals surface area contributed by atoms with E-state index in [0.29, 0.717) is 56.8 Å². The predicted molar refractivity (Wildman–Crippen MR) is 116 cm³/mol. The van der Waals surface area contributed by atoms with Crippen LogP contribution in [0.1, 0.15) is 0 Å². The maximum Gasteiger partial charge on any atom is 0.247 e. The van der Waals surface area contributed by atoms with Crippen LogP contribution in [-0.2, 0) is 14.8 Å². The third-order valence-electron chi connectivity index (χ3n) is 5.47. The molecule has 0 aliphatic carbocycles. The lowest BCUT2D eigenvalue weighted by Gasteiger charge is -2.35. The van der Waals surface area contributed by atoms with Gasteiger partial charge in [0, 0.05) is 51.5 Å². The third kappa shape index (κ3) is 4.53. The van der Waals surface area contributed by atoms with Crippen LogP contribution in [0, 0.1) is 0 Å². The Hall–Kier alpha value is -2.63. The van der Waals surface area contributed by atoms with Crippen LogP contribution in [-0.4, -0.2) is 89.4 Å². The van der Waals surface area contributed by atoms with E-state index in [9.17, 15) is 8.42 Å². The summed E-state index contributed by atoms with van der Waals surface area (Å²) in [5.41, 5.74) is 0. The van der Waals surface area contributed by atoms with E-state index in [-0.39, 0.29) is 4.90 Å². The van der Waals surface area contributed by atoms with Crippen LogP contribution in [0.3, 0.4) is 0 Å². The summed E-state index contributed by atoms with van der Waals surface area (Å²) in [6.07, 6.45) is 1.75. The number of hydrogen-bond acceptors (Lipinski definition) is 9. The molecule has 3 heterocycles. The van der Waals surface area contributed by atoms with Crippen molar-refractivity contribution >= 4 is 21.8 Å². The van der Waals surface area contributed by atoms with Gasteiger partial charge in [0.1, 0.15) is 22.2 Å². The molecule has 2 aliphatic heterocycles. The van der Waals surface area contributed by atoms with Crippen molar-refractivity contribution in [3.63, 3.8) is 0 Å². The maximum absolute atomic E-state index is 13.3. The summed E-state index contributed by atoms with van der Waals surface area (Å²) in [7, 11) is -0.759. The van der Waals surface area contributed by atoms with Gasteiger partial charge in [-0.3, -0.25) is 0 Å². The zero-order valence-corrected chi connectivity index (χ0v) is 18.5. The summed E-state index contributed by atoms with van der Waals surface area (Å²) in [4.78, 5) is 13.4. The second kappa shape index (κ2) is 9.25. The molecule has 0 amide bonds. The van der Waals surface area contributed by atoms with Gasteiger partial charge in [-0.15, -0.1) is 0 Å². The van der Waals surface area contributed by atoms with Gasteiger partial charge in [-0.2, -0.15) is 9.29 Å². The molecule has 31 heavy (non-hydrogen) atoms. The molecule has 2 aliphatic rings. The molecule has 1 aromatic heterocycles. The highest BCUT2D eigenvalue weighted by atomic mass is 32.2. The van der Waals surface area contributed by atoms with Gasteiger partial charge in [-0.05, 0) is 18.2 Å². The standard InChI is InChI=1S/C20H27N5O5S/c1-28-16-3-4-17(29-2)18(15-16)31(26,27)25-9-7-23(8-10-25)19-5-6-21-20(22-19)24-11-13-30-14-12-24/h3-6,15H,7-14H2,1-2H3. The van der Waals surface area contributed by atoms with Crippen molar-refractivity contribution in [2.75, 3.05) is 76.5 Å². The molecule has 0 saturated carbocycles. The van der Waals surface area contributed by atoms with Crippen molar-refractivity contribution in [2.45, 2.75) is 4.90 Å². The van der Waals surface area contributed by atoms with Crippen LogP contribution in [0.15, 0.2) is 35.4 Å². The monoisotopic (exact) mass is 449 g/mol. The number of hydrogen-bond donors (Lipinski definition) is 0. The fourth-order valence-corrected chi connectivity index (χ4v) is 5.31. The summed E-state index contributed by atoms with van der Waals surface area (Å²) in [6, 6.07) is 6.64. The molecule has 0 spiro atoms. The van der Waals surface area contributed by atoms with Crippen molar-refractivity contribution < 1.29 is 22.6 Å². The Kier molecular flexibility index (Phi) is 6.44. The van der Waals surface area contributed by atoms with Gasteiger partial charge in [-0.25, -0.2) is 13.4 Å². The van der Waals surface area contributed by atoms with Gasteiger partial charge >= 0.3 is 0 Å². The van der Waals surface area contributed by atoms with E-state index in [4.69, 9.17) is 19.2 Å². The van der Waals surface area contributed by atoms with Gasteiger partial charge in [-0.1, -0.05) is 0 Å². The largest absolute Gasteiger partial charge is 0.497 e. The van der Waals surface area contributed by atoms with Crippen LogP contribution in [0.4, 0.5) is 11.8 Å². The van der Waals surface area contributed by atoms with Crippen molar-refractivity contribution in [3.8, 4) is 11.5 Å². The highest BCUT2D eigenvalue weighted by Gasteiger charge is 2.32. The number of sulfonamides is 1. The molecule has 0 N–H and O–H groups in total. The minimum absolute atomic E-state index is 0.111. The first-order valence-electron chi connectivity index (χ1n) is 10.2. The summed E-state index contributed by atoms with van der Waals surface area (Å²) >= 11 is 0. The summed E-state index contributed by atoms with van der Waals surface area (Å²) in [5.74, 6) is 2.24. The SMILES string of the molecule is COc1ccc(OC)c(S(=O)(=O)N2CCN(c3ccnc(N4CCOCC4)n3)CC2)c1. The first kappa shape index (κ1) is 21.6. The van der Waals surface area contributed by atoms with Crippen LogP contribution < -0.4 is 19.3 Å². The Morgan fingerprint density at radius 3 is 2.35 bits per heavy atom. The molecule has 0 atom stereocenters. The molecule has 4 rings (SSSR count). The Balaban J connectivity index is 1.47. The van der Waals surface area contributed by atoms with Crippen LogP contribution in [0.25, 0.3) is 0 Å². The van der Waals surface area contributed by atoms with E-state index < -0.39 is 10.0 Å². The zero-order chi connectivity index (χ0) is 21.8. The number of methoxy groups -OCH3 is 2. The van der Waals surface area contributed by atoms with Gasteiger partial charge in [0.05, 0.1) is 27.4 Å². The minimum Gasteiger partial charge on any atom is -0.497 e. The number of anilines is 2. The molecule has 2 fully saturated rings. The number of piperazine rings is 1. The lowest BCUT2D eigenvalue weighted by molar-refractivity contribution is 0.122. The van der Waals surface area contributed by atoms with E-state index in [2.05, 4.69) is 14.8 Å². The number of aromatic nitrogens is 2. The quantitative estimate of drug-likeness (QED) is 0.635. The summed E-state index contributed by atoms with van der Waals surface area (Å²) in [6.45, 7) is 4.61. The smallest absolute Gasteiger partial charge is 0.247 e. The Bertz CT molecular complexity index is 1000. The first-order chi connectivity index (χ1) is 15.0. The van der Waals surface area contributed by atoms with E-state index >= 15 is 0 Å². The third-order valence-corrected chi connectivity index (χ3v) is 7.39. The normalized spacial score (nSPS) is 18.1. The molecule has 0 bridgehead atoms. The molecule has 10 nitrogen and oxygen atoms in total. The Morgan fingerprint density at radius 1 is 0.935 bits per heavy atom. The number of benzene rings is 1. The molecule has 0 radical (unpaired) electrons. The minimum atomic E-state index is -3.72. The molecule has 0 unspecified atom stereocenters. The molecule has 1 aromatic carbocycles. The second-order valence-corrected chi connectivity index (χ2v) is 9.13. The van der Waals surface area contributed by atoms with E-state index in [1.165, 1.54) is 24.6 Å². The molecule has 168 valence electrons. The van der Waals surface area contributed by atoms with Crippen LogP contribution >= 0.6 is 0 Å². The van der Waals surface area contributed by atoms with Gasteiger partial charge < -0.3 is 24.0 Å². The average molecular weight is 450 g/mol. The second-order valence-electron chi connectivity index (χ2n) is 7.22. The predicted octanol–water partition coefficient (Wildman–Crippen LogP) is 0.841. The maximum atomic E-state index is 13.3. The van der Waals surface area contributed by atoms with Gasteiger partial charge in [0.15, 0.2) is 0 Å². The first-order valence-corrected chi connectivity index (χ1v) is 11.6. The summed E-state index contributed by atoms with van der Waals surface area (Å²) in [5, 5.41) is 0. The number of nitrogens with zero attached hydrogens (tertiary/aromatic N) is 5. The molecule has 11 heteroatoms. The number of rotatable bonds is 6. The highest BCUT2D eigenvalue weighted by Crippen LogP contribution is 2.31. The summed E-state index contributed by atoms with van der Waals surface area (Å²) < 4.78 is 43.9. The van der Waals surface area contributed by atoms with Crippen molar-refractivity contribution in [1.29, 1.82) is 0 Å². The number of ether oxygens (including phenoxy) is 3. The zero-order valence-electron chi connectivity index (χ0n) is 17.7. The fraction of sp³-hybridized carbons (Fsp3) is 0.500. The van der Waals surface area contributed by atoms with Crippen molar-refractivity contribution in [3.05, 3.63) is 30.5 Å². The van der Waals surface area contributed by atoms with Crippen molar-refractivity contribution in [1.82, 2.24) is 14.3 Å². The Morgan fingerprint density at radius 2 is 1.68 bits per heavy atom. The van der Waals surface area contributed by atoms with Crippen LogP contribution in [0.5, 0.6) is 11.5 Å². The van der Waals surface area contributed by atoms with Crippen molar-refractivity contribution in [2.24, 2.45) is 0 Å². The van der Waals surface area contributed by atoms with E-state index in [1.54, 1.807) is 18.3 Å². The average Bonchev–Trinajstić information content (AvgIpc) is 2.84.